The number of para-hydroxylation sites is 2. The van der Waals surface area contributed by atoms with Crippen molar-refractivity contribution < 1.29 is 8.42 Å². The molecule has 2 aromatic carbocycles. The molecule has 4 rings (SSSR count). The highest BCUT2D eigenvalue weighted by molar-refractivity contribution is 14.0. The molecule has 156 valence electrons. The van der Waals surface area contributed by atoms with Crippen molar-refractivity contribution in [3.63, 3.8) is 0 Å². The van der Waals surface area contributed by atoms with Crippen LogP contribution in [-0.2, 0) is 22.9 Å². The summed E-state index contributed by atoms with van der Waals surface area (Å²) in [7, 11) is -3.39. The van der Waals surface area contributed by atoms with Crippen LogP contribution in [0, 0.1) is 0 Å². The van der Waals surface area contributed by atoms with Gasteiger partial charge in [-0.3, -0.25) is 9.30 Å². The van der Waals surface area contributed by atoms with Crippen molar-refractivity contribution in [2.75, 3.05) is 41.1 Å². The zero-order valence-corrected chi connectivity index (χ0v) is 19.7. The van der Waals surface area contributed by atoms with Crippen LogP contribution in [0.25, 0.3) is 0 Å². The lowest BCUT2D eigenvalue weighted by Gasteiger charge is -2.23. The van der Waals surface area contributed by atoms with Gasteiger partial charge in [-0.2, -0.15) is 0 Å². The van der Waals surface area contributed by atoms with Crippen molar-refractivity contribution in [1.82, 2.24) is 5.32 Å². The first-order valence-electron chi connectivity index (χ1n) is 9.82. The molecule has 0 bridgehead atoms. The van der Waals surface area contributed by atoms with Gasteiger partial charge < -0.3 is 10.2 Å². The van der Waals surface area contributed by atoms with Gasteiger partial charge in [-0.25, -0.2) is 8.42 Å². The summed E-state index contributed by atoms with van der Waals surface area (Å²) in [5.41, 5.74) is 4.36. The number of sulfonamides is 1. The van der Waals surface area contributed by atoms with Crippen molar-refractivity contribution in [3.05, 3.63) is 59.7 Å². The number of hydrogen-bond donors (Lipinski definition) is 1. The number of aliphatic imine (C=N–C) groups is 1. The SMILES string of the molecule is CCNC(=NCCS(=O)(=O)N1CCc2ccccc21)N1CCc2ccccc21.I. The van der Waals surface area contributed by atoms with E-state index in [0.29, 0.717) is 6.54 Å². The largest absolute Gasteiger partial charge is 0.356 e. The van der Waals surface area contributed by atoms with E-state index in [0.717, 1.165) is 48.8 Å². The van der Waals surface area contributed by atoms with Crippen LogP contribution in [0.15, 0.2) is 53.5 Å². The van der Waals surface area contributed by atoms with Crippen molar-refractivity contribution in [1.29, 1.82) is 0 Å². The summed E-state index contributed by atoms with van der Waals surface area (Å²) in [6.45, 7) is 4.38. The number of anilines is 2. The second-order valence-corrected chi connectivity index (χ2v) is 9.05. The van der Waals surface area contributed by atoms with Crippen LogP contribution in [-0.4, -0.2) is 46.3 Å². The molecule has 2 aromatic rings. The minimum atomic E-state index is -3.39. The van der Waals surface area contributed by atoms with Crippen LogP contribution in [0.1, 0.15) is 18.1 Å². The molecule has 0 saturated heterocycles. The first kappa shape index (κ1) is 21.9. The standard InChI is InChI=1S/C21H26N4O2S.HI/c1-2-22-21(24-14-11-17-7-3-5-9-19(17)24)23-13-16-28(26,27)25-15-12-18-8-4-6-10-20(18)25;/h3-10H,2,11-16H2,1H3,(H,22,23);1H. The predicted octanol–water partition coefficient (Wildman–Crippen LogP) is 3.03. The molecule has 29 heavy (non-hydrogen) atoms. The third-order valence-electron chi connectivity index (χ3n) is 5.27. The molecule has 0 amide bonds. The summed E-state index contributed by atoms with van der Waals surface area (Å²) in [5.74, 6) is 0.760. The predicted molar refractivity (Wildman–Crippen MR) is 130 cm³/mol. The highest BCUT2D eigenvalue weighted by Crippen LogP contribution is 2.30. The fraction of sp³-hybridized carbons (Fsp3) is 0.381. The Balaban J connectivity index is 0.00000240. The highest BCUT2D eigenvalue weighted by atomic mass is 127. The summed E-state index contributed by atoms with van der Waals surface area (Å²) < 4.78 is 27.3. The lowest BCUT2D eigenvalue weighted by Crippen LogP contribution is -2.41. The Hall–Kier alpha value is -1.81. The number of fused-ring (bicyclic) bond motifs is 2. The lowest BCUT2D eigenvalue weighted by atomic mass is 10.2. The van der Waals surface area contributed by atoms with E-state index >= 15 is 0 Å². The molecule has 0 spiro atoms. The van der Waals surface area contributed by atoms with E-state index in [4.69, 9.17) is 0 Å². The fourth-order valence-corrected chi connectivity index (χ4v) is 5.32. The molecule has 0 fully saturated rings. The monoisotopic (exact) mass is 526 g/mol. The summed E-state index contributed by atoms with van der Waals surface area (Å²) in [5, 5.41) is 3.30. The molecule has 0 saturated carbocycles. The van der Waals surface area contributed by atoms with E-state index in [1.165, 1.54) is 9.87 Å². The Labute approximate surface area is 190 Å². The second kappa shape index (κ2) is 9.34. The van der Waals surface area contributed by atoms with Gasteiger partial charge in [-0.1, -0.05) is 36.4 Å². The maximum atomic E-state index is 12.9. The van der Waals surface area contributed by atoms with Gasteiger partial charge in [0, 0.05) is 25.3 Å². The molecule has 1 N–H and O–H groups in total. The number of hydrogen-bond acceptors (Lipinski definition) is 3. The van der Waals surface area contributed by atoms with Gasteiger partial charge in [0.15, 0.2) is 5.96 Å². The number of nitrogens with one attached hydrogen (secondary N) is 1. The zero-order chi connectivity index (χ0) is 19.6. The smallest absolute Gasteiger partial charge is 0.237 e. The molecule has 2 heterocycles. The van der Waals surface area contributed by atoms with E-state index in [9.17, 15) is 8.42 Å². The number of halogens is 1. The van der Waals surface area contributed by atoms with Gasteiger partial charge in [0.05, 0.1) is 18.0 Å². The van der Waals surface area contributed by atoms with Crippen molar-refractivity contribution in [2.45, 2.75) is 19.8 Å². The van der Waals surface area contributed by atoms with Gasteiger partial charge >= 0.3 is 0 Å². The van der Waals surface area contributed by atoms with Crippen LogP contribution in [0.4, 0.5) is 11.4 Å². The Morgan fingerprint density at radius 3 is 2.34 bits per heavy atom. The third-order valence-corrected chi connectivity index (χ3v) is 7.02. The van der Waals surface area contributed by atoms with Gasteiger partial charge in [-0.05, 0) is 43.0 Å². The molecule has 0 radical (unpaired) electrons. The van der Waals surface area contributed by atoms with Gasteiger partial charge in [0.2, 0.25) is 10.0 Å². The summed E-state index contributed by atoms with van der Waals surface area (Å²) >= 11 is 0. The zero-order valence-electron chi connectivity index (χ0n) is 16.5. The molecular weight excluding hydrogens is 499 g/mol. The van der Waals surface area contributed by atoms with Crippen molar-refractivity contribution >= 4 is 51.3 Å². The van der Waals surface area contributed by atoms with E-state index in [2.05, 4.69) is 27.3 Å². The molecule has 6 nitrogen and oxygen atoms in total. The molecule has 0 aromatic heterocycles. The van der Waals surface area contributed by atoms with Crippen LogP contribution in [0.2, 0.25) is 0 Å². The van der Waals surface area contributed by atoms with Gasteiger partial charge in [0.1, 0.15) is 0 Å². The van der Waals surface area contributed by atoms with Gasteiger partial charge in [-0.15, -0.1) is 24.0 Å². The van der Waals surface area contributed by atoms with Crippen LogP contribution >= 0.6 is 24.0 Å². The van der Waals surface area contributed by atoms with Crippen LogP contribution in [0.3, 0.4) is 0 Å². The number of guanidine groups is 1. The summed E-state index contributed by atoms with van der Waals surface area (Å²) in [6, 6.07) is 16.0. The van der Waals surface area contributed by atoms with E-state index in [1.807, 2.05) is 43.3 Å². The van der Waals surface area contributed by atoms with Crippen molar-refractivity contribution in [2.24, 2.45) is 4.99 Å². The van der Waals surface area contributed by atoms with Crippen LogP contribution < -0.4 is 14.5 Å². The van der Waals surface area contributed by atoms with E-state index in [1.54, 1.807) is 0 Å². The minimum absolute atomic E-state index is 0. The Morgan fingerprint density at radius 1 is 1.00 bits per heavy atom. The molecule has 0 unspecified atom stereocenters. The number of rotatable bonds is 5. The number of benzene rings is 2. The average Bonchev–Trinajstić information content (AvgIpc) is 3.32. The molecule has 8 heteroatoms. The molecular formula is C21H27IN4O2S. The minimum Gasteiger partial charge on any atom is -0.356 e. The first-order valence-corrected chi connectivity index (χ1v) is 11.4. The first-order chi connectivity index (χ1) is 13.6. The summed E-state index contributed by atoms with van der Waals surface area (Å²) in [6.07, 6.45) is 1.75. The maximum Gasteiger partial charge on any atom is 0.237 e. The maximum absolute atomic E-state index is 12.9. The Morgan fingerprint density at radius 2 is 1.62 bits per heavy atom. The average molecular weight is 526 g/mol. The normalized spacial score (nSPS) is 15.7. The third kappa shape index (κ3) is 4.53. The molecule has 0 aliphatic carbocycles. The Kier molecular flexibility index (Phi) is 7.05. The summed E-state index contributed by atoms with van der Waals surface area (Å²) in [4.78, 5) is 6.78. The van der Waals surface area contributed by atoms with Crippen molar-refractivity contribution in [3.8, 4) is 0 Å². The Bertz CT molecular complexity index is 994. The highest BCUT2D eigenvalue weighted by Gasteiger charge is 2.29. The van der Waals surface area contributed by atoms with Gasteiger partial charge in [0.25, 0.3) is 0 Å². The topological polar surface area (TPSA) is 65.0 Å². The molecule has 0 atom stereocenters. The lowest BCUT2D eigenvalue weighted by molar-refractivity contribution is 0.592. The molecule has 2 aliphatic rings. The molecule has 2 aliphatic heterocycles. The van der Waals surface area contributed by atoms with E-state index in [-0.39, 0.29) is 36.3 Å². The number of nitrogens with zero attached hydrogens (tertiary/aromatic N) is 3. The van der Waals surface area contributed by atoms with E-state index < -0.39 is 10.0 Å². The van der Waals surface area contributed by atoms with Crippen LogP contribution in [0.5, 0.6) is 0 Å². The second-order valence-electron chi connectivity index (χ2n) is 7.03. The fourth-order valence-electron chi connectivity index (χ4n) is 3.93. The quantitative estimate of drug-likeness (QED) is 0.370.